The summed E-state index contributed by atoms with van der Waals surface area (Å²) in [4.78, 5) is 72.7. The zero-order chi connectivity index (χ0) is 68.9. The number of phosphoric ester groups is 2. The molecule has 0 aromatic heterocycles. The number of unbranched alkanes of at least 4 members (excludes halogenated alkanes) is 37. The maximum Gasteiger partial charge on any atom is 0.472 e. The van der Waals surface area contributed by atoms with Crippen molar-refractivity contribution in [3.8, 4) is 0 Å². The Morgan fingerprint density at radius 1 is 0.269 bits per heavy atom. The molecule has 0 aromatic rings. The smallest absolute Gasteiger partial charge is 0.462 e. The Bertz CT molecular complexity index is 1830. The lowest BCUT2D eigenvalue weighted by molar-refractivity contribution is -0.161. The minimum Gasteiger partial charge on any atom is -0.462 e. The molecule has 0 aliphatic rings. The molecule has 552 valence electrons. The van der Waals surface area contributed by atoms with E-state index in [-0.39, 0.29) is 25.7 Å². The standard InChI is InChI=1S/C74H144O17P2/c1-64(2)50-42-34-26-19-15-11-9-10-12-17-21-30-38-46-54-71(76)84-60-69(90-73(78)56-48-40-32-22-18-14-13-16-20-27-35-43-51-65(3)4)62-88-92(80,81)86-58-68(75)59-87-93(82,83)89-63-70(91-74(79)57-49-41-33-25-29-37-45-53-67(7)8)61-85-72(77)55-47-39-31-24-23-28-36-44-52-66(5)6/h64-70,75H,9-63H2,1-8H3,(H,80,81)(H,82,83)/t68?,69-,70-/m1/s1. The van der Waals surface area contributed by atoms with Crippen molar-refractivity contribution in [2.45, 2.75) is 388 Å². The minimum absolute atomic E-state index is 0.103. The number of hydrogen-bond donors (Lipinski definition) is 3. The van der Waals surface area contributed by atoms with Gasteiger partial charge in [0.15, 0.2) is 12.2 Å². The van der Waals surface area contributed by atoms with Gasteiger partial charge in [-0.2, -0.15) is 0 Å². The van der Waals surface area contributed by atoms with Crippen molar-refractivity contribution in [2.24, 2.45) is 23.7 Å². The van der Waals surface area contributed by atoms with Gasteiger partial charge in [-0.15, -0.1) is 0 Å². The number of aliphatic hydroxyl groups is 1. The van der Waals surface area contributed by atoms with Crippen LogP contribution in [0.1, 0.15) is 370 Å². The molecule has 19 heteroatoms. The van der Waals surface area contributed by atoms with E-state index in [1.54, 1.807) is 0 Å². The van der Waals surface area contributed by atoms with E-state index in [2.05, 4.69) is 55.4 Å². The molecule has 3 unspecified atom stereocenters. The van der Waals surface area contributed by atoms with Gasteiger partial charge in [0.05, 0.1) is 26.4 Å². The maximum atomic E-state index is 13.1. The van der Waals surface area contributed by atoms with E-state index in [9.17, 15) is 43.2 Å². The van der Waals surface area contributed by atoms with Gasteiger partial charge < -0.3 is 33.8 Å². The van der Waals surface area contributed by atoms with Crippen LogP contribution in [0.4, 0.5) is 0 Å². The SMILES string of the molecule is CC(C)CCCCCCCCCCCCCCCCC(=O)OC[C@H](COP(=O)(O)OCC(O)COP(=O)(O)OC[C@@H](COC(=O)CCCCCCCCCCC(C)C)OC(=O)CCCCCCCCCC(C)C)OC(=O)CCCCCCCCCCCCCCC(C)C. The lowest BCUT2D eigenvalue weighted by Gasteiger charge is -2.21. The minimum atomic E-state index is -4.96. The molecule has 5 atom stereocenters. The Morgan fingerprint density at radius 3 is 0.667 bits per heavy atom. The van der Waals surface area contributed by atoms with Crippen molar-refractivity contribution in [2.75, 3.05) is 39.6 Å². The molecule has 0 fully saturated rings. The van der Waals surface area contributed by atoms with Crippen LogP contribution in [0.2, 0.25) is 0 Å². The average Bonchev–Trinajstić information content (AvgIpc) is 1.81. The van der Waals surface area contributed by atoms with Gasteiger partial charge >= 0.3 is 39.5 Å². The second-order valence-corrected chi connectivity index (χ2v) is 31.5. The highest BCUT2D eigenvalue weighted by Crippen LogP contribution is 2.45. The number of rotatable bonds is 71. The largest absolute Gasteiger partial charge is 0.472 e. The average molecular weight is 1370 g/mol. The van der Waals surface area contributed by atoms with Gasteiger partial charge in [-0.3, -0.25) is 37.3 Å². The third kappa shape index (κ3) is 68.4. The number of hydrogen-bond acceptors (Lipinski definition) is 15. The summed E-state index contributed by atoms with van der Waals surface area (Å²) in [6.07, 6.45) is 47.3. The molecule has 0 heterocycles. The van der Waals surface area contributed by atoms with E-state index in [1.165, 1.54) is 173 Å². The monoisotopic (exact) mass is 1370 g/mol. The first-order valence-corrected chi connectivity index (χ1v) is 41.2. The van der Waals surface area contributed by atoms with Gasteiger partial charge in [-0.05, 0) is 49.4 Å². The molecule has 0 amide bonds. The first-order valence-electron chi connectivity index (χ1n) is 38.2. The van der Waals surface area contributed by atoms with Crippen LogP contribution in [0.3, 0.4) is 0 Å². The van der Waals surface area contributed by atoms with Crippen molar-refractivity contribution in [1.29, 1.82) is 0 Å². The highest BCUT2D eigenvalue weighted by Gasteiger charge is 2.30. The number of esters is 4. The Hall–Kier alpha value is -1.94. The second-order valence-electron chi connectivity index (χ2n) is 28.6. The lowest BCUT2D eigenvalue weighted by Crippen LogP contribution is -2.30. The predicted octanol–water partition coefficient (Wildman–Crippen LogP) is 21.3. The highest BCUT2D eigenvalue weighted by molar-refractivity contribution is 7.47. The maximum absolute atomic E-state index is 13.1. The highest BCUT2D eigenvalue weighted by atomic mass is 31.2. The van der Waals surface area contributed by atoms with Crippen LogP contribution in [0.15, 0.2) is 0 Å². The van der Waals surface area contributed by atoms with Crippen molar-refractivity contribution < 1.29 is 80.2 Å². The molecule has 0 radical (unpaired) electrons. The van der Waals surface area contributed by atoms with Gasteiger partial charge in [0.25, 0.3) is 0 Å². The zero-order valence-electron chi connectivity index (χ0n) is 60.9. The number of ether oxygens (including phenoxy) is 4. The number of carbonyl (C=O) groups excluding carboxylic acids is 4. The molecule has 0 aliphatic carbocycles. The topological polar surface area (TPSA) is 237 Å². The van der Waals surface area contributed by atoms with Crippen LogP contribution >= 0.6 is 15.6 Å². The Kier molecular flexibility index (Phi) is 62.2. The van der Waals surface area contributed by atoms with E-state index in [4.69, 9.17) is 37.0 Å². The molecular formula is C74H144O17P2. The molecule has 0 bridgehead atoms. The summed E-state index contributed by atoms with van der Waals surface area (Å²) in [6, 6.07) is 0. The molecule has 0 rings (SSSR count). The summed E-state index contributed by atoms with van der Waals surface area (Å²) in [6.45, 7) is 14.1. The third-order valence-corrected chi connectivity index (χ3v) is 19.0. The van der Waals surface area contributed by atoms with Crippen molar-refractivity contribution in [3.05, 3.63) is 0 Å². The van der Waals surface area contributed by atoms with Gasteiger partial charge in [0, 0.05) is 25.7 Å². The lowest BCUT2D eigenvalue weighted by atomic mass is 10.0. The summed E-state index contributed by atoms with van der Waals surface area (Å²) in [7, 11) is -9.91. The fourth-order valence-corrected chi connectivity index (χ4v) is 12.8. The third-order valence-electron chi connectivity index (χ3n) is 17.1. The molecule has 17 nitrogen and oxygen atoms in total. The summed E-state index contributed by atoms with van der Waals surface area (Å²) >= 11 is 0. The summed E-state index contributed by atoms with van der Waals surface area (Å²) in [5.74, 6) is 0.872. The fraction of sp³-hybridized carbons (Fsp3) is 0.946. The Balaban J connectivity index is 5.24. The second kappa shape index (κ2) is 63.5. The zero-order valence-corrected chi connectivity index (χ0v) is 62.7. The normalized spacial score (nSPS) is 14.2. The van der Waals surface area contributed by atoms with Crippen LogP contribution in [-0.2, 0) is 65.4 Å². The summed E-state index contributed by atoms with van der Waals surface area (Å²) in [5.41, 5.74) is 0. The summed E-state index contributed by atoms with van der Waals surface area (Å²) in [5, 5.41) is 10.6. The number of aliphatic hydroxyl groups excluding tert-OH is 1. The van der Waals surface area contributed by atoms with Crippen molar-refractivity contribution >= 4 is 39.5 Å². The van der Waals surface area contributed by atoms with Crippen LogP contribution in [0.5, 0.6) is 0 Å². The van der Waals surface area contributed by atoms with E-state index in [1.807, 2.05) is 0 Å². The molecular weight excluding hydrogens is 1220 g/mol. The molecule has 0 saturated carbocycles. The molecule has 0 saturated heterocycles. The van der Waals surface area contributed by atoms with Gasteiger partial charge in [-0.25, -0.2) is 9.13 Å². The molecule has 3 N–H and O–H groups in total. The van der Waals surface area contributed by atoms with Crippen molar-refractivity contribution in [3.63, 3.8) is 0 Å². The molecule has 0 spiro atoms. The molecule has 93 heavy (non-hydrogen) atoms. The number of phosphoric acid groups is 2. The van der Waals surface area contributed by atoms with Gasteiger partial charge in [0.1, 0.15) is 19.3 Å². The quantitative estimate of drug-likeness (QED) is 0.0222. The van der Waals surface area contributed by atoms with Gasteiger partial charge in [0.2, 0.25) is 0 Å². The summed E-state index contributed by atoms with van der Waals surface area (Å²) < 4.78 is 68.4. The molecule has 0 aromatic carbocycles. The van der Waals surface area contributed by atoms with Crippen LogP contribution < -0.4 is 0 Å². The molecule has 0 aliphatic heterocycles. The van der Waals surface area contributed by atoms with Crippen LogP contribution in [0.25, 0.3) is 0 Å². The van der Waals surface area contributed by atoms with Crippen LogP contribution in [0, 0.1) is 23.7 Å². The van der Waals surface area contributed by atoms with Crippen molar-refractivity contribution in [1.82, 2.24) is 0 Å². The van der Waals surface area contributed by atoms with E-state index in [0.717, 1.165) is 108 Å². The van der Waals surface area contributed by atoms with Gasteiger partial charge in [-0.1, -0.05) is 319 Å². The Morgan fingerprint density at radius 2 is 0.452 bits per heavy atom. The predicted molar refractivity (Wildman–Crippen MR) is 377 cm³/mol. The van der Waals surface area contributed by atoms with E-state index in [0.29, 0.717) is 31.6 Å². The first kappa shape index (κ1) is 91.1. The number of carbonyl (C=O) groups is 4. The van der Waals surface area contributed by atoms with E-state index < -0.39 is 97.5 Å². The Labute approximate surface area is 568 Å². The fourth-order valence-electron chi connectivity index (χ4n) is 11.2. The first-order chi connectivity index (χ1) is 44.6. The van der Waals surface area contributed by atoms with E-state index >= 15 is 0 Å². The van der Waals surface area contributed by atoms with Crippen LogP contribution in [-0.4, -0.2) is 96.7 Å².